The van der Waals surface area contributed by atoms with E-state index < -0.39 is 0 Å². The van der Waals surface area contributed by atoms with E-state index in [1.54, 1.807) is 6.33 Å². The van der Waals surface area contributed by atoms with Crippen LogP contribution in [0.25, 0.3) is 0 Å². The highest BCUT2D eigenvalue weighted by Gasteiger charge is 2.35. The molecule has 1 aliphatic rings. The Hall–Kier alpha value is -1.32. The van der Waals surface area contributed by atoms with Crippen molar-refractivity contribution in [2.75, 3.05) is 17.2 Å². The zero-order chi connectivity index (χ0) is 13.0. The lowest BCUT2D eigenvalue weighted by molar-refractivity contribution is 0.772. The monoisotopic (exact) mass is 248 g/mol. The lowest BCUT2D eigenvalue weighted by atomic mass is 10.2. The van der Waals surface area contributed by atoms with E-state index in [0.717, 1.165) is 36.9 Å². The van der Waals surface area contributed by atoms with Gasteiger partial charge in [0.05, 0.1) is 0 Å². The second-order valence-electron chi connectivity index (χ2n) is 4.98. The maximum absolute atomic E-state index is 4.40. The van der Waals surface area contributed by atoms with Crippen molar-refractivity contribution in [2.24, 2.45) is 5.92 Å². The van der Waals surface area contributed by atoms with E-state index in [4.69, 9.17) is 0 Å². The summed E-state index contributed by atoms with van der Waals surface area (Å²) < 4.78 is 0. The van der Waals surface area contributed by atoms with E-state index in [1.165, 1.54) is 18.4 Å². The Balaban J connectivity index is 2.09. The van der Waals surface area contributed by atoms with E-state index >= 15 is 0 Å². The fourth-order valence-corrected chi connectivity index (χ4v) is 2.32. The molecule has 1 fully saturated rings. The minimum absolute atomic E-state index is 0.620. The number of anilines is 2. The zero-order valence-corrected chi connectivity index (χ0v) is 11.7. The van der Waals surface area contributed by atoms with Crippen molar-refractivity contribution in [1.29, 1.82) is 0 Å². The van der Waals surface area contributed by atoms with Crippen molar-refractivity contribution < 1.29 is 0 Å². The summed E-state index contributed by atoms with van der Waals surface area (Å²) in [5.41, 5.74) is 1.22. The molecule has 2 unspecified atom stereocenters. The molecule has 0 amide bonds. The molecule has 0 spiro atoms. The first-order chi connectivity index (χ1) is 8.80. The van der Waals surface area contributed by atoms with E-state index in [0.29, 0.717) is 6.04 Å². The molecule has 1 saturated carbocycles. The maximum Gasteiger partial charge on any atom is 0.134 e. The Morgan fingerprint density at radius 1 is 1.22 bits per heavy atom. The third-order valence-corrected chi connectivity index (χ3v) is 3.61. The standard InChI is InChI=1S/C14H24N4/c1-4-7-15-13-11(6-3)14(17-9-16-13)18-12-8-10(12)5-2/h9-10,12H,4-8H2,1-3H3,(H2,15,16,17,18). The Morgan fingerprint density at radius 2 is 2.00 bits per heavy atom. The topological polar surface area (TPSA) is 49.8 Å². The van der Waals surface area contributed by atoms with Crippen LogP contribution in [0.5, 0.6) is 0 Å². The highest BCUT2D eigenvalue weighted by atomic mass is 15.1. The van der Waals surface area contributed by atoms with Gasteiger partial charge in [0.15, 0.2) is 0 Å². The lowest BCUT2D eigenvalue weighted by Crippen LogP contribution is -2.12. The second kappa shape index (κ2) is 6.03. The summed E-state index contributed by atoms with van der Waals surface area (Å²) in [6, 6.07) is 0.620. The van der Waals surface area contributed by atoms with Crippen LogP contribution in [0.15, 0.2) is 6.33 Å². The number of nitrogens with zero attached hydrogens (tertiary/aromatic N) is 2. The molecule has 0 bridgehead atoms. The van der Waals surface area contributed by atoms with Crippen molar-refractivity contribution >= 4 is 11.6 Å². The van der Waals surface area contributed by atoms with Gasteiger partial charge in [0.25, 0.3) is 0 Å². The van der Waals surface area contributed by atoms with Gasteiger partial charge in [-0.25, -0.2) is 9.97 Å². The van der Waals surface area contributed by atoms with Gasteiger partial charge in [-0.2, -0.15) is 0 Å². The van der Waals surface area contributed by atoms with Crippen LogP contribution >= 0.6 is 0 Å². The molecule has 0 saturated heterocycles. The van der Waals surface area contributed by atoms with Gasteiger partial charge in [0, 0.05) is 18.2 Å². The molecule has 1 aromatic heterocycles. The van der Waals surface area contributed by atoms with Crippen molar-refractivity contribution in [3.8, 4) is 0 Å². The van der Waals surface area contributed by atoms with Gasteiger partial charge in [-0.15, -0.1) is 0 Å². The summed E-state index contributed by atoms with van der Waals surface area (Å²) in [7, 11) is 0. The smallest absolute Gasteiger partial charge is 0.134 e. The average Bonchev–Trinajstić information content (AvgIpc) is 3.14. The molecule has 0 radical (unpaired) electrons. The first-order valence-corrected chi connectivity index (χ1v) is 7.14. The SMILES string of the molecule is CCCNc1ncnc(NC2CC2CC)c1CC. The van der Waals surface area contributed by atoms with Gasteiger partial charge >= 0.3 is 0 Å². The molecular formula is C14H24N4. The first kappa shape index (κ1) is 13.1. The van der Waals surface area contributed by atoms with Crippen molar-refractivity contribution in [2.45, 2.75) is 52.5 Å². The van der Waals surface area contributed by atoms with Crippen molar-refractivity contribution in [1.82, 2.24) is 9.97 Å². The van der Waals surface area contributed by atoms with Crippen LogP contribution < -0.4 is 10.6 Å². The van der Waals surface area contributed by atoms with Crippen LogP contribution in [0.1, 0.15) is 45.6 Å². The van der Waals surface area contributed by atoms with Gasteiger partial charge in [0.2, 0.25) is 0 Å². The molecule has 100 valence electrons. The summed E-state index contributed by atoms with van der Waals surface area (Å²) in [6.07, 6.45) is 6.25. The Morgan fingerprint density at radius 3 is 2.61 bits per heavy atom. The Kier molecular flexibility index (Phi) is 4.39. The Labute approximate surface area is 110 Å². The summed E-state index contributed by atoms with van der Waals surface area (Å²) in [6.45, 7) is 7.53. The predicted octanol–water partition coefficient (Wildman–Crippen LogP) is 3.07. The van der Waals surface area contributed by atoms with Crippen molar-refractivity contribution in [3.05, 3.63) is 11.9 Å². The van der Waals surface area contributed by atoms with E-state index in [1.807, 2.05) is 0 Å². The summed E-state index contributed by atoms with van der Waals surface area (Å²) >= 11 is 0. The third kappa shape index (κ3) is 2.92. The summed E-state index contributed by atoms with van der Waals surface area (Å²) in [5.74, 6) is 2.84. The maximum atomic E-state index is 4.40. The minimum atomic E-state index is 0.620. The Bertz CT molecular complexity index is 391. The molecule has 1 aromatic rings. The number of hydrogen-bond donors (Lipinski definition) is 2. The van der Waals surface area contributed by atoms with E-state index in [9.17, 15) is 0 Å². The van der Waals surface area contributed by atoms with Crippen LogP contribution in [-0.4, -0.2) is 22.6 Å². The van der Waals surface area contributed by atoms with Crippen molar-refractivity contribution in [3.63, 3.8) is 0 Å². The molecule has 2 N–H and O–H groups in total. The molecule has 0 aromatic carbocycles. The number of rotatable bonds is 7. The van der Waals surface area contributed by atoms with Crippen LogP contribution in [0.2, 0.25) is 0 Å². The lowest BCUT2D eigenvalue weighted by Gasteiger charge is -2.14. The first-order valence-electron chi connectivity index (χ1n) is 7.14. The van der Waals surface area contributed by atoms with Crippen LogP contribution in [0.4, 0.5) is 11.6 Å². The molecule has 4 nitrogen and oxygen atoms in total. The summed E-state index contributed by atoms with van der Waals surface area (Å²) in [5, 5.41) is 6.94. The predicted molar refractivity (Wildman–Crippen MR) is 76.0 cm³/mol. The molecule has 2 rings (SSSR count). The molecule has 4 heteroatoms. The second-order valence-corrected chi connectivity index (χ2v) is 4.98. The van der Waals surface area contributed by atoms with Gasteiger partial charge in [-0.1, -0.05) is 27.2 Å². The van der Waals surface area contributed by atoms with E-state index in [2.05, 4.69) is 41.4 Å². The molecule has 18 heavy (non-hydrogen) atoms. The molecule has 1 aliphatic carbocycles. The summed E-state index contributed by atoms with van der Waals surface area (Å²) in [4.78, 5) is 8.76. The molecule has 2 atom stereocenters. The normalized spacial score (nSPS) is 21.7. The highest BCUT2D eigenvalue weighted by molar-refractivity contribution is 5.58. The minimum Gasteiger partial charge on any atom is -0.370 e. The van der Waals surface area contributed by atoms with Gasteiger partial charge in [-0.05, 0) is 25.2 Å². The average molecular weight is 248 g/mol. The fourth-order valence-electron chi connectivity index (χ4n) is 2.32. The number of hydrogen-bond acceptors (Lipinski definition) is 4. The van der Waals surface area contributed by atoms with Gasteiger partial charge in [0.1, 0.15) is 18.0 Å². The van der Waals surface area contributed by atoms with Gasteiger partial charge < -0.3 is 10.6 Å². The van der Waals surface area contributed by atoms with Crippen LogP contribution in [0.3, 0.4) is 0 Å². The van der Waals surface area contributed by atoms with E-state index in [-0.39, 0.29) is 0 Å². The number of aromatic nitrogens is 2. The molecule has 0 aliphatic heterocycles. The molecular weight excluding hydrogens is 224 g/mol. The number of nitrogens with one attached hydrogen (secondary N) is 2. The molecule has 1 heterocycles. The third-order valence-electron chi connectivity index (χ3n) is 3.61. The van der Waals surface area contributed by atoms with Crippen LogP contribution in [-0.2, 0) is 6.42 Å². The van der Waals surface area contributed by atoms with Gasteiger partial charge in [-0.3, -0.25) is 0 Å². The quantitative estimate of drug-likeness (QED) is 0.778. The fraction of sp³-hybridized carbons (Fsp3) is 0.714. The highest BCUT2D eigenvalue weighted by Crippen LogP contribution is 2.36. The van der Waals surface area contributed by atoms with Crippen LogP contribution in [0, 0.1) is 5.92 Å². The zero-order valence-electron chi connectivity index (χ0n) is 11.7. The largest absolute Gasteiger partial charge is 0.370 e.